The monoisotopic (exact) mass is 350 g/mol. The van der Waals surface area contributed by atoms with Gasteiger partial charge in [-0.1, -0.05) is 6.42 Å². The van der Waals surface area contributed by atoms with Crippen molar-refractivity contribution in [2.45, 2.75) is 56.8 Å². The standard InChI is InChI=1S/C18H23FN2O4/c1-17(24)18(10-3-2-4-11-18)25-16(23)21(17)12-9-15(22)20-14-7-5-13(19)6-8-14/h5-8,24H,2-4,9-12H2,1H3,(H,20,22)/t17-/m0/s1. The van der Waals surface area contributed by atoms with Crippen LogP contribution in [0.4, 0.5) is 14.9 Å². The third-order valence-corrected chi connectivity index (χ3v) is 5.24. The van der Waals surface area contributed by atoms with Crippen molar-refractivity contribution in [1.29, 1.82) is 0 Å². The van der Waals surface area contributed by atoms with Crippen molar-refractivity contribution in [1.82, 2.24) is 4.90 Å². The molecule has 1 heterocycles. The van der Waals surface area contributed by atoms with E-state index in [0.717, 1.165) is 19.3 Å². The minimum absolute atomic E-state index is 0.0126. The summed E-state index contributed by atoms with van der Waals surface area (Å²) in [5, 5.41) is 13.6. The van der Waals surface area contributed by atoms with Crippen LogP contribution in [0, 0.1) is 5.82 Å². The molecule has 2 N–H and O–H groups in total. The van der Waals surface area contributed by atoms with Crippen LogP contribution in [0.15, 0.2) is 24.3 Å². The highest BCUT2D eigenvalue weighted by Gasteiger charge is 2.61. The van der Waals surface area contributed by atoms with Gasteiger partial charge in [-0.2, -0.15) is 0 Å². The molecule has 1 aliphatic carbocycles. The van der Waals surface area contributed by atoms with E-state index in [4.69, 9.17) is 4.74 Å². The summed E-state index contributed by atoms with van der Waals surface area (Å²) < 4.78 is 18.4. The lowest BCUT2D eigenvalue weighted by atomic mass is 9.77. The van der Waals surface area contributed by atoms with Crippen molar-refractivity contribution in [3.05, 3.63) is 30.1 Å². The molecule has 1 atom stereocenters. The van der Waals surface area contributed by atoms with Gasteiger partial charge in [-0.3, -0.25) is 9.69 Å². The molecule has 1 aliphatic heterocycles. The molecule has 2 fully saturated rings. The SMILES string of the molecule is C[C@@]1(O)N(CCC(=O)Nc2ccc(F)cc2)C(=O)OC12CCCCC2. The van der Waals surface area contributed by atoms with Gasteiger partial charge < -0.3 is 15.2 Å². The van der Waals surface area contributed by atoms with Gasteiger partial charge in [-0.15, -0.1) is 0 Å². The zero-order valence-electron chi connectivity index (χ0n) is 14.3. The molecule has 0 aromatic heterocycles. The number of benzene rings is 1. The maximum absolute atomic E-state index is 12.9. The number of ether oxygens (including phenoxy) is 1. The van der Waals surface area contributed by atoms with Gasteiger partial charge in [0.15, 0.2) is 11.3 Å². The summed E-state index contributed by atoms with van der Waals surface area (Å²) in [5.41, 5.74) is -1.83. The second-order valence-corrected chi connectivity index (χ2v) is 6.90. The van der Waals surface area contributed by atoms with Crippen molar-refractivity contribution in [2.24, 2.45) is 0 Å². The molecule has 3 rings (SSSR count). The molecule has 25 heavy (non-hydrogen) atoms. The number of nitrogens with one attached hydrogen (secondary N) is 1. The Bertz CT molecular complexity index is 654. The molecule has 2 amide bonds. The average molecular weight is 350 g/mol. The van der Waals surface area contributed by atoms with Gasteiger partial charge in [0.25, 0.3) is 0 Å². The van der Waals surface area contributed by atoms with E-state index in [1.807, 2.05) is 0 Å². The van der Waals surface area contributed by atoms with Gasteiger partial charge in [0, 0.05) is 18.7 Å². The van der Waals surface area contributed by atoms with E-state index >= 15 is 0 Å². The number of hydrogen-bond donors (Lipinski definition) is 2. The lowest BCUT2D eigenvalue weighted by Crippen LogP contribution is -2.57. The van der Waals surface area contributed by atoms with Crippen LogP contribution >= 0.6 is 0 Å². The molecular weight excluding hydrogens is 327 g/mol. The molecule has 2 aliphatic rings. The maximum atomic E-state index is 12.9. The molecule has 1 aromatic rings. The first kappa shape index (κ1) is 17.7. The zero-order chi connectivity index (χ0) is 18.1. The number of anilines is 1. The van der Waals surface area contributed by atoms with Gasteiger partial charge in [0.1, 0.15) is 5.82 Å². The summed E-state index contributed by atoms with van der Waals surface area (Å²) in [6.07, 6.45) is 3.56. The van der Waals surface area contributed by atoms with Crippen molar-refractivity contribution in [2.75, 3.05) is 11.9 Å². The first-order chi connectivity index (χ1) is 11.8. The molecule has 0 radical (unpaired) electrons. The van der Waals surface area contributed by atoms with E-state index in [0.29, 0.717) is 18.5 Å². The third kappa shape index (κ3) is 3.33. The number of halogens is 1. The van der Waals surface area contributed by atoms with Crippen LogP contribution in [-0.4, -0.2) is 39.9 Å². The number of carbonyl (C=O) groups excluding carboxylic acids is 2. The number of nitrogens with zero attached hydrogens (tertiary/aromatic N) is 1. The fourth-order valence-electron chi connectivity index (χ4n) is 3.72. The molecule has 6 nitrogen and oxygen atoms in total. The molecule has 1 saturated carbocycles. The summed E-state index contributed by atoms with van der Waals surface area (Å²) in [7, 11) is 0. The Hall–Kier alpha value is -2.15. The van der Waals surface area contributed by atoms with Gasteiger partial charge in [-0.25, -0.2) is 9.18 Å². The minimum Gasteiger partial charge on any atom is -0.438 e. The Labute approximate surface area is 146 Å². The highest BCUT2D eigenvalue weighted by atomic mass is 19.1. The van der Waals surface area contributed by atoms with Crippen LogP contribution in [0.3, 0.4) is 0 Å². The molecule has 1 spiro atoms. The summed E-state index contributed by atoms with van der Waals surface area (Å²) in [4.78, 5) is 25.6. The fraction of sp³-hybridized carbons (Fsp3) is 0.556. The average Bonchev–Trinajstić information content (AvgIpc) is 2.74. The summed E-state index contributed by atoms with van der Waals surface area (Å²) >= 11 is 0. The van der Waals surface area contributed by atoms with E-state index in [1.54, 1.807) is 6.92 Å². The Morgan fingerprint density at radius 1 is 1.28 bits per heavy atom. The molecule has 7 heteroatoms. The van der Waals surface area contributed by atoms with Gasteiger partial charge in [0.05, 0.1) is 0 Å². The van der Waals surface area contributed by atoms with Crippen LogP contribution in [-0.2, 0) is 9.53 Å². The van der Waals surface area contributed by atoms with Crippen LogP contribution in [0.1, 0.15) is 45.4 Å². The van der Waals surface area contributed by atoms with E-state index in [1.165, 1.54) is 29.2 Å². The Morgan fingerprint density at radius 3 is 2.56 bits per heavy atom. The number of amides is 2. The second-order valence-electron chi connectivity index (χ2n) is 6.90. The fourth-order valence-corrected chi connectivity index (χ4v) is 3.72. The van der Waals surface area contributed by atoms with Crippen molar-refractivity contribution in [3.8, 4) is 0 Å². The van der Waals surface area contributed by atoms with Crippen molar-refractivity contribution in [3.63, 3.8) is 0 Å². The first-order valence-corrected chi connectivity index (χ1v) is 8.62. The Balaban J connectivity index is 1.61. The quantitative estimate of drug-likeness (QED) is 0.875. The Kier molecular flexibility index (Phi) is 4.69. The smallest absolute Gasteiger partial charge is 0.412 e. The molecular formula is C18H23FN2O4. The normalized spacial score (nSPS) is 25.1. The predicted molar refractivity (Wildman–Crippen MR) is 89.3 cm³/mol. The largest absolute Gasteiger partial charge is 0.438 e. The summed E-state index contributed by atoms with van der Waals surface area (Å²) in [5.74, 6) is -0.702. The lowest BCUT2D eigenvalue weighted by molar-refractivity contribution is -0.159. The number of aliphatic hydroxyl groups is 1. The number of hydrogen-bond acceptors (Lipinski definition) is 4. The highest BCUT2D eigenvalue weighted by molar-refractivity contribution is 5.91. The van der Waals surface area contributed by atoms with Crippen molar-refractivity contribution < 1.29 is 23.8 Å². The van der Waals surface area contributed by atoms with E-state index in [9.17, 15) is 19.1 Å². The minimum atomic E-state index is -1.43. The molecule has 1 aromatic carbocycles. The molecule has 136 valence electrons. The summed E-state index contributed by atoms with van der Waals surface area (Å²) in [6, 6.07) is 5.44. The van der Waals surface area contributed by atoms with Crippen LogP contribution in [0.25, 0.3) is 0 Å². The molecule has 1 saturated heterocycles. The third-order valence-electron chi connectivity index (χ3n) is 5.24. The molecule has 0 bridgehead atoms. The van der Waals surface area contributed by atoms with Crippen molar-refractivity contribution >= 4 is 17.7 Å². The van der Waals surface area contributed by atoms with E-state index in [-0.39, 0.29) is 24.7 Å². The molecule has 0 unspecified atom stereocenters. The van der Waals surface area contributed by atoms with Gasteiger partial charge in [0.2, 0.25) is 5.91 Å². The second kappa shape index (κ2) is 6.63. The Morgan fingerprint density at radius 2 is 1.92 bits per heavy atom. The van der Waals surface area contributed by atoms with Gasteiger partial charge >= 0.3 is 6.09 Å². The first-order valence-electron chi connectivity index (χ1n) is 8.62. The summed E-state index contributed by atoms with van der Waals surface area (Å²) in [6.45, 7) is 1.64. The maximum Gasteiger partial charge on any atom is 0.412 e. The van der Waals surface area contributed by atoms with Crippen LogP contribution in [0.2, 0.25) is 0 Å². The lowest BCUT2D eigenvalue weighted by Gasteiger charge is -2.42. The van der Waals surface area contributed by atoms with Crippen LogP contribution < -0.4 is 5.32 Å². The highest BCUT2D eigenvalue weighted by Crippen LogP contribution is 2.46. The predicted octanol–water partition coefficient (Wildman–Crippen LogP) is 3.02. The number of carbonyl (C=O) groups is 2. The van der Waals surface area contributed by atoms with Gasteiger partial charge in [-0.05, 0) is 56.9 Å². The topological polar surface area (TPSA) is 78.9 Å². The zero-order valence-corrected chi connectivity index (χ0v) is 14.3. The number of rotatable bonds is 4. The van der Waals surface area contributed by atoms with Crippen LogP contribution in [0.5, 0.6) is 0 Å². The van der Waals surface area contributed by atoms with E-state index < -0.39 is 17.4 Å². The van der Waals surface area contributed by atoms with E-state index in [2.05, 4.69) is 5.32 Å².